The highest BCUT2D eigenvalue weighted by Gasteiger charge is 2.22. The van der Waals surface area contributed by atoms with E-state index in [2.05, 4.69) is 5.32 Å². The average molecular weight is 452 g/mol. The van der Waals surface area contributed by atoms with Gasteiger partial charge in [-0.2, -0.15) is 0 Å². The maximum Gasteiger partial charge on any atom is 0.263 e. The Morgan fingerprint density at radius 2 is 1.86 bits per heavy atom. The Morgan fingerprint density at radius 3 is 2.55 bits per heavy atom. The molecule has 1 aliphatic rings. The highest BCUT2D eigenvalue weighted by atomic mass is 35.5. The minimum atomic E-state index is -0.231. The van der Waals surface area contributed by atoms with Gasteiger partial charge in [0.05, 0.1) is 24.1 Å². The number of hydrogen-bond acceptors (Lipinski definition) is 7. The number of thiocarbonyl (C=S) groups is 1. The Kier molecular flexibility index (Phi) is 7.24. The molecular weight excluding hydrogens is 434 g/mol. The molecule has 0 bridgehead atoms. The molecule has 2 aromatic rings. The zero-order chi connectivity index (χ0) is 20.8. The third-order valence-corrected chi connectivity index (χ3v) is 5.27. The van der Waals surface area contributed by atoms with E-state index in [0.29, 0.717) is 49.4 Å². The van der Waals surface area contributed by atoms with Crippen LogP contribution in [0.3, 0.4) is 0 Å². The first kappa shape index (κ1) is 21.3. The van der Waals surface area contributed by atoms with Gasteiger partial charge in [0, 0.05) is 6.07 Å². The van der Waals surface area contributed by atoms with Crippen molar-refractivity contribution in [1.82, 2.24) is 5.32 Å². The lowest BCUT2D eigenvalue weighted by atomic mass is 10.2. The van der Waals surface area contributed by atoms with E-state index in [0.717, 1.165) is 0 Å². The molecule has 1 amide bonds. The molecule has 1 heterocycles. The molecule has 3 rings (SSSR count). The van der Waals surface area contributed by atoms with Crippen molar-refractivity contribution < 1.29 is 23.7 Å². The van der Waals surface area contributed by atoms with Crippen molar-refractivity contribution >= 4 is 51.9 Å². The molecule has 1 saturated heterocycles. The number of ether oxygens (including phenoxy) is 4. The van der Waals surface area contributed by atoms with Gasteiger partial charge in [0.1, 0.15) is 29.0 Å². The Morgan fingerprint density at radius 1 is 1.10 bits per heavy atom. The van der Waals surface area contributed by atoms with Gasteiger partial charge in [0.25, 0.3) is 5.91 Å². The fraction of sp³-hybridized carbons (Fsp3) is 0.200. The molecule has 0 saturated carbocycles. The van der Waals surface area contributed by atoms with Crippen molar-refractivity contribution in [2.75, 3.05) is 27.4 Å². The topological polar surface area (TPSA) is 66.0 Å². The first-order valence-corrected chi connectivity index (χ1v) is 10.1. The number of carbonyl (C=O) groups is 1. The number of rotatable bonds is 8. The first-order chi connectivity index (χ1) is 14.0. The predicted octanol–water partition coefficient (Wildman–Crippen LogP) is 4.30. The number of amides is 1. The SMILES string of the molecule is COc1cccc(OCCOc2c(Cl)cc(/C=C3\SC(=S)NC3=O)cc2OC)c1. The molecule has 0 atom stereocenters. The molecule has 1 N–H and O–H groups in total. The third kappa shape index (κ3) is 5.56. The van der Waals surface area contributed by atoms with Gasteiger partial charge in [-0.15, -0.1) is 0 Å². The molecule has 2 aromatic carbocycles. The van der Waals surface area contributed by atoms with Crippen molar-refractivity contribution in [3.63, 3.8) is 0 Å². The summed E-state index contributed by atoms with van der Waals surface area (Å²) in [5.74, 6) is 2.03. The molecule has 6 nitrogen and oxygen atoms in total. The van der Waals surface area contributed by atoms with Gasteiger partial charge in [-0.1, -0.05) is 41.6 Å². The first-order valence-electron chi connectivity index (χ1n) is 8.52. The monoisotopic (exact) mass is 451 g/mol. The molecule has 152 valence electrons. The largest absolute Gasteiger partial charge is 0.497 e. The van der Waals surface area contributed by atoms with Crippen LogP contribution in [0.25, 0.3) is 6.08 Å². The molecule has 29 heavy (non-hydrogen) atoms. The lowest BCUT2D eigenvalue weighted by Crippen LogP contribution is -2.17. The van der Waals surface area contributed by atoms with E-state index in [9.17, 15) is 4.79 Å². The fourth-order valence-corrected chi connectivity index (χ4v) is 3.85. The molecule has 0 aliphatic carbocycles. The summed E-state index contributed by atoms with van der Waals surface area (Å²) in [6.07, 6.45) is 1.70. The van der Waals surface area contributed by atoms with Gasteiger partial charge in [-0.05, 0) is 35.9 Å². The summed E-state index contributed by atoms with van der Waals surface area (Å²) in [4.78, 5) is 12.3. The van der Waals surface area contributed by atoms with Crippen LogP contribution in [0.1, 0.15) is 5.56 Å². The maximum absolute atomic E-state index is 11.8. The van der Waals surface area contributed by atoms with Gasteiger partial charge in [0.2, 0.25) is 0 Å². The summed E-state index contributed by atoms with van der Waals surface area (Å²) in [6, 6.07) is 10.8. The lowest BCUT2D eigenvalue weighted by Gasteiger charge is -2.14. The Bertz CT molecular complexity index is 964. The molecule has 1 fully saturated rings. The molecule has 0 aromatic heterocycles. The van der Waals surface area contributed by atoms with Crippen LogP contribution in [0.4, 0.5) is 0 Å². The van der Waals surface area contributed by atoms with Crippen molar-refractivity contribution in [1.29, 1.82) is 0 Å². The maximum atomic E-state index is 11.8. The third-order valence-electron chi connectivity index (χ3n) is 3.83. The molecule has 0 radical (unpaired) electrons. The van der Waals surface area contributed by atoms with Crippen LogP contribution < -0.4 is 24.3 Å². The smallest absolute Gasteiger partial charge is 0.263 e. The van der Waals surface area contributed by atoms with Crippen LogP contribution in [0, 0.1) is 0 Å². The van der Waals surface area contributed by atoms with E-state index < -0.39 is 0 Å². The number of hydrogen-bond donors (Lipinski definition) is 1. The van der Waals surface area contributed by atoms with Crippen LogP contribution >= 0.6 is 35.6 Å². The summed E-state index contributed by atoms with van der Waals surface area (Å²) in [6.45, 7) is 0.576. The summed E-state index contributed by atoms with van der Waals surface area (Å²) < 4.78 is 22.4. The number of methoxy groups -OCH3 is 2. The highest BCUT2D eigenvalue weighted by molar-refractivity contribution is 8.26. The predicted molar refractivity (Wildman–Crippen MR) is 118 cm³/mol. The number of nitrogens with one attached hydrogen (secondary N) is 1. The molecule has 0 unspecified atom stereocenters. The Balaban J connectivity index is 1.65. The second-order valence-electron chi connectivity index (χ2n) is 5.76. The quantitative estimate of drug-likeness (QED) is 0.364. The van der Waals surface area contributed by atoms with Crippen LogP contribution in [-0.4, -0.2) is 37.7 Å². The van der Waals surface area contributed by atoms with Crippen molar-refractivity contribution in [2.24, 2.45) is 0 Å². The molecule has 1 aliphatic heterocycles. The fourth-order valence-electron chi connectivity index (χ4n) is 2.53. The normalized spacial score (nSPS) is 14.7. The molecule has 9 heteroatoms. The van der Waals surface area contributed by atoms with Crippen LogP contribution in [0.2, 0.25) is 5.02 Å². The summed E-state index contributed by atoms with van der Waals surface area (Å²) in [5, 5.41) is 2.94. The summed E-state index contributed by atoms with van der Waals surface area (Å²) >= 11 is 12.6. The summed E-state index contributed by atoms with van der Waals surface area (Å²) in [5.41, 5.74) is 0.703. The van der Waals surface area contributed by atoms with Crippen LogP contribution in [-0.2, 0) is 4.79 Å². The van der Waals surface area contributed by atoms with Gasteiger partial charge in [0.15, 0.2) is 11.5 Å². The lowest BCUT2D eigenvalue weighted by molar-refractivity contribution is -0.115. The van der Waals surface area contributed by atoms with E-state index in [-0.39, 0.29) is 12.5 Å². The minimum Gasteiger partial charge on any atom is -0.497 e. The van der Waals surface area contributed by atoms with Crippen molar-refractivity contribution in [2.45, 2.75) is 0 Å². The minimum absolute atomic E-state index is 0.231. The Hall–Kier alpha value is -2.42. The van der Waals surface area contributed by atoms with E-state index in [1.807, 2.05) is 18.2 Å². The van der Waals surface area contributed by atoms with Gasteiger partial charge in [-0.25, -0.2) is 0 Å². The molecule has 0 spiro atoms. The van der Waals surface area contributed by atoms with E-state index in [1.165, 1.54) is 18.9 Å². The number of halogens is 1. The van der Waals surface area contributed by atoms with Gasteiger partial charge >= 0.3 is 0 Å². The number of carbonyl (C=O) groups excluding carboxylic acids is 1. The second kappa shape index (κ2) is 9.87. The second-order valence-corrected chi connectivity index (χ2v) is 7.89. The summed E-state index contributed by atoms with van der Waals surface area (Å²) in [7, 11) is 3.12. The average Bonchev–Trinajstić information content (AvgIpc) is 3.02. The van der Waals surface area contributed by atoms with Crippen LogP contribution in [0.5, 0.6) is 23.0 Å². The van der Waals surface area contributed by atoms with Crippen molar-refractivity contribution in [3.05, 3.63) is 51.9 Å². The standard InChI is InChI=1S/C20H18ClNO5S2/c1-24-13-4-3-5-14(11-13)26-6-7-27-18-15(21)8-12(9-16(18)25-2)10-17-19(23)22-20(28)29-17/h3-5,8-11H,6-7H2,1-2H3,(H,22,23,28)/b17-10-. The van der Waals surface area contributed by atoms with Crippen molar-refractivity contribution in [3.8, 4) is 23.0 Å². The highest BCUT2D eigenvalue weighted by Crippen LogP contribution is 2.38. The van der Waals surface area contributed by atoms with E-state index in [1.54, 1.807) is 31.4 Å². The van der Waals surface area contributed by atoms with E-state index in [4.69, 9.17) is 42.8 Å². The van der Waals surface area contributed by atoms with Gasteiger partial charge in [-0.3, -0.25) is 4.79 Å². The van der Waals surface area contributed by atoms with E-state index >= 15 is 0 Å². The van der Waals surface area contributed by atoms with Gasteiger partial charge < -0.3 is 24.3 Å². The zero-order valence-corrected chi connectivity index (χ0v) is 18.1. The molecular formula is C20H18ClNO5S2. The van der Waals surface area contributed by atoms with Crippen LogP contribution in [0.15, 0.2) is 41.3 Å². The number of benzene rings is 2. The zero-order valence-electron chi connectivity index (χ0n) is 15.7. The Labute approximate surface area is 183 Å². The number of thioether (sulfide) groups is 1.